The second-order valence-corrected chi connectivity index (χ2v) is 8.05. The summed E-state index contributed by atoms with van der Waals surface area (Å²) >= 11 is 0. The van der Waals surface area contributed by atoms with Gasteiger partial charge in [0.05, 0.1) is 26.4 Å². The minimum atomic E-state index is -0.279. The molecular formula is C25H32N4O6. The first-order chi connectivity index (χ1) is 16.9. The first-order valence-corrected chi connectivity index (χ1v) is 11.3. The lowest BCUT2D eigenvalue weighted by Gasteiger charge is -2.35. The highest BCUT2D eigenvalue weighted by atomic mass is 16.5. The molecule has 0 unspecified atom stereocenters. The first-order valence-electron chi connectivity index (χ1n) is 11.3. The van der Waals surface area contributed by atoms with Crippen molar-refractivity contribution in [2.75, 3.05) is 66.0 Å². The van der Waals surface area contributed by atoms with E-state index in [-0.39, 0.29) is 17.8 Å². The molecule has 0 radical (unpaired) electrons. The minimum Gasteiger partial charge on any atom is -0.497 e. The van der Waals surface area contributed by atoms with Gasteiger partial charge >= 0.3 is 6.03 Å². The number of benzene rings is 2. The maximum atomic E-state index is 13.0. The van der Waals surface area contributed by atoms with E-state index in [4.69, 9.17) is 14.2 Å². The van der Waals surface area contributed by atoms with Crippen molar-refractivity contribution in [2.24, 2.45) is 0 Å². The first kappa shape index (κ1) is 25.8. The van der Waals surface area contributed by atoms with Crippen LogP contribution in [0.25, 0.3) is 0 Å². The number of anilines is 1. The van der Waals surface area contributed by atoms with Gasteiger partial charge in [-0.05, 0) is 36.8 Å². The van der Waals surface area contributed by atoms with Gasteiger partial charge in [0.15, 0.2) is 0 Å². The van der Waals surface area contributed by atoms with E-state index < -0.39 is 0 Å². The van der Waals surface area contributed by atoms with Gasteiger partial charge in [-0.2, -0.15) is 0 Å². The Labute approximate surface area is 205 Å². The molecule has 10 heteroatoms. The van der Waals surface area contributed by atoms with Gasteiger partial charge in [-0.1, -0.05) is 6.07 Å². The van der Waals surface area contributed by atoms with Gasteiger partial charge in [0, 0.05) is 57.2 Å². The highest BCUT2D eigenvalue weighted by molar-refractivity contribution is 5.98. The van der Waals surface area contributed by atoms with Gasteiger partial charge < -0.3 is 34.6 Å². The molecule has 0 spiro atoms. The molecule has 2 N–H and O–H groups in total. The standard InChI is InChI=1S/C25H32N4O6/c1-17-5-6-18(23(30)26-9-14-33-2)15-21(17)27-25(32)29-12-10-28(11-13-29)24(31)20-8-7-19(34-3)16-22(20)35-4/h5-8,15-16H,9-14H2,1-4H3,(H,26,30)(H,27,32). The fraction of sp³-hybridized carbons (Fsp3) is 0.400. The van der Waals surface area contributed by atoms with E-state index in [9.17, 15) is 14.4 Å². The number of hydrogen-bond donors (Lipinski definition) is 2. The van der Waals surface area contributed by atoms with Crippen molar-refractivity contribution in [1.82, 2.24) is 15.1 Å². The van der Waals surface area contributed by atoms with Crippen LogP contribution in [-0.2, 0) is 4.74 Å². The van der Waals surface area contributed by atoms with Gasteiger partial charge in [0.2, 0.25) is 0 Å². The van der Waals surface area contributed by atoms with Crippen LogP contribution in [0.2, 0.25) is 0 Å². The van der Waals surface area contributed by atoms with E-state index in [2.05, 4.69) is 10.6 Å². The molecular weight excluding hydrogens is 452 g/mol. The zero-order chi connectivity index (χ0) is 25.4. The number of nitrogens with zero attached hydrogens (tertiary/aromatic N) is 2. The summed E-state index contributed by atoms with van der Waals surface area (Å²) in [5.41, 5.74) is 2.30. The van der Waals surface area contributed by atoms with Crippen molar-refractivity contribution in [3.05, 3.63) is 53.1 Å². The molecule has 35 heavy (non-hydrogen) atoms. The van der Waals surface area contributed by atoms with Gasteiger partial charge in [-0.15, -0.1) is 0 Å². The molecule has 1 aliphatic heterocycles. The van der Waals surface area contributed by atoms with Crippen LogP contribution >= 0.6 is 0 Å². The smallest absolute Gasteiger partial charge is 0.321 e. The van der Waals surface area contributed by atoms with Gasteiger partial charge in [-0.3, -0.25) is 9.59 Å². The van der Waals surface area contributed by atoms with E-state index in [0.29, 0.717) is 67.6 Å². The normalized spacial score (nSPS) is 13.3. The predicted molar refractivity (Wildman–Crippen MR) is 131 cm³/mol. The van der Waals surface area contributed by atoms with E-state index in [1.165, 1.54) is 7.11 Å². The van der Waals surface area contributed by atoms with Crippen molar-refractivity contribution in [2.45, 2.75) is 6.92 Å². The molecule has 0 aromatic heterocycles. The lowest BCUT2D eigenvalue weighted by atomic mass is 10.1. The second kappa shape index (κ2) is 12.1. The molecule has 0 atom stereocenters. The van der Waals surface area contributed by atoms with Crippen LogP contribution in [0.4, 0.5) is 10.5 Å². The quantitative estimate of drug-likeness (QED) is 0.557. The number of nitrogens with one attached hydrogen (secondary N) is 2. The summed E-state index contributed by atoms with van der Waals surface area (Å²) < 4.78 is 15.5. The van der Waals surface area contributed by atoms with Crippen LogP contribution in [0.3, 0.4) is 0 Å². The average molecular weight is 485 g/mol. The molecule has 0 aliphatic carbocycles. The zero-order valence-corrected chi connectivity index (χ0v) is 20.6. The molecule has 1 fully saturated rings. The number of ether oxygens (including phenoxy) is 3. The summed E-state index contributed by atoms with van der Waals surface area (Å²) in [6.07, 6.45) is 0. The Bertz CT molecular complexity index is 1070. The van der Waals surface area contributed by atoms with E-state index in [1.807, 2.05) is 6.92 Å². The maximum absolute atomic E-state index is 13.0. The lowest BCUT2D eigenvalue weighted by Crippen LogP contribution is -2.51. The van der Waals surface area contributed by atoms with Gasteiger partial charge in [0.1, 0.15) is 11.5 Å². The summed E-state index contributed by atoms with van der Waals surface area (Å²) in [6, 6.07) is 9.95. The molecule has 10 nitrogen and oxygen atoms in total. The Kier molecular flexibility index (Phi) is 8.91. The molecule has 1 saturated heterocycles. The molecule has 1 aliphatic rings. The molecule has 4 amide bonds. The van der Waals surface area contributed by atoms with Crippen LogP contribution in [-0.4, -0.2) is 88.3 Å². The van der Waals surface area contributed by atoms with Crippen LogP contribution < -0.4 is 20.1 Å². The Morgan fingerprint density at radius 3 is 2.29 bits per heavy atom. The molecule has 0 bridgehead atoms. The molecule has 2 aromatic rings. The van der Waals surface area contributed by atoms with E-state index in [1.54, 1.807) is 60.4 Å². The predicted octanol–water partition coefficient (Wildman–Crippen LogP) is 2.38. The highest BCUT2D eigenvalue weighted by Gasteiger charge is 2.27. The minimum absolute atomic E-state index is 0.160. The van der Waals surface area contributed by atoms with Crippen LogP contribution in [0.15, 0.2) is 36.4 Å². The number of hydrogen-bond acceptors (Lipinski definition) is 6. The molecule has 188 valence electrons. The third-order valence-electron chi connectivity index (χ3n) is 5.83. The van der Waals surface area contributed by atoms with Crippen molar-refractivity contribution >= 4 is 23.5 Å². The number of methoxy groups -OCH3 is 3. The molecule has 2 aromatic carbocycles. The third-order valence-corrected chi connectivity index (χ3v) is 5.83. The number of carbonyl (C=O) groups is 3. The molecule has 1 heterocycles. The summed E-state index contributed by atoms with van der Waals surface area (Å²) in [5, 5.41) is 5.66. The van der Waals surface area contributed by atoms with E-state index >= 15 is 0 Å². The topological polar surface area (TPSA) is 109 Å². The average Bonchev–Trinajstić information content (AvgIpc) is 2.89. The third kappa shape index (κ3) is 6.42. The number of amides is 4. The van der Waals surface area contributed by atoms with Crippen molar-refractivity contribution in [3.8, 4) is 11.5 Å². The van der Waals surface area contributed by atoms with Crippen LogP contribution in [0.1, 0.15) is 26.3 Å². The number of urea groups is 1. The summed E-state index contributed by atoms with van der Waals surface area (Å²) in [7, 11) is 4.63. The molecule has 3 rings (SSSR count). The number of aryl methyl sites for hydroxylation is 1. The largest absolute Gasteiger partial charge is 0.497 e. The van der Waals surface area contributed by atoms with Crippen molar-refractivity contribution < 1.29 is 28.6 Å². The second-order valence-electron chi connectivity index (χ2n) is 8.05. The number of piperazine rings is 1. The summed E-state index contributed by atoms with van der Waals surface area (Å²) in [6.45, 7) is 4.22. The maximum Gasteiger partial charge on any atom is 0.321 e. The fourth-order valence-corrected chi connectivity index (χ4v) is 3.72. The summed E-state index contributed by atoms with van der Waals surface area (Å²) in [5.74, 6) is 0.647. The van der Waals surface area contributed by atoms with Gasteiger partial charge in [-0.25, -0.2) is 4.79 Å². The van der Waals surface area contributed by atoms with E-state index in [0.717, 1.165) is 5.56 Å². The van der Waals surface area contributed by atoms with Gasteiger partial charge in [0.25, 0.3) is 11.8 Å². The van der Waals surface area contributed by atoms with Crippen LogP contribution in [0, 0.1) is 6.92 Å². The van der Waals surface area contributed by atoms with Crippen LogP contribution in [0.5, 0.6) is 11.5 Å². The highest BCUT2D eigenvalue weighted by Crippen LogP contribution is 2.26. The zero-order valence-electron chi connectivity index (χ0n) is 20.6. The Morgan fingerprint density at radius 2 is 1.63 bits per heavy atom. The number of carbonyl (C=O) groups excluding carboxylic acids is 3. The number of rotatable bonds is 8. The molecule has 0 saturated carbocycles. The lowest BCUT2D eigenvalue weighted by molar-refractivity contribution is 0.0668. The Morgan fingerprint density at radius 1 is 0.914 bits per heavy atom. The van der Waals surface area contributed by atoms with Crippen molar-refractivity contribution in [3.63, 3.8) is 0 Å². The Balaban J connectivity index is 1.59. The summed E-state index contributed by atoms with van der Waals surface area (Å²) in [4.78, 5) is 41.6. The SMILES string of the molecule is COCCNC(=O)c1ccc(C)c(NC(=O)N2CCN(C(=O)c3ccc(OC)cc3OC)CC2)c1. The Hall–Kier alpha value is -3.79. The van der Waals surface area contributed by atoms with Crippen molar-refractivity contribution in [1.29, 1.82) is 0 Å². The fourth-order valence-electron chi connectivity index (χ4n) is 3.72. The monoisotopic (exact) mass is 484 g/mol.